The summed E-state index contributed by atoms with van der Waals surface area (Å²) < 4.78 is 0. The van der Waals surface area contributed by atoms with Gasteiger partial charge in [0.2, 0.25) is 0 Å². The van der Waals surface area contributed by atoms with Crippen LogP contribution in [0.4, 0.5) is 0 Å². The van der Waals surface area contributed by atoms with Crippen LogP contribution in [0.3, 0.4) is 0 Å². The quantitative estimate of drug-likeness (QED) is 0.820. The van der Waals surface area contributed by atoms with Crippen LogP contribution in [0.1, 0.15) is 56.0 Å². The Kier molecular flexibility index (Phi) is 3.98. The lowest BCUT2D eigenvalue weighted by Crippen LogP contribution is -2.32. The molecule has 0 spiro atoms. The first kappa shape index (κ1) is 12.1. The fraction of sp³-hybridized carbons (Fsp3) is 0.769. The van der Waals surface area contributed by atoms with Crippen molar-refractivity contribution in [2.24, 2.45) is 5.92 Å². The van der Waals surface area contributed by atoms with E-state index in [0.29, 0.717) is 12.1 Å². The highest BCUT2D eigenvalue weighted by atomic mass is 32.1. The zero-order chi connectivity index (χ0) is 11.5. The average Bonchev–Trinajstić information content (AvgIpc) is 3.02. The minimum atomic E-state index is 0.413. The molecule has 1 N–H and O–H groups in total. The third-order valence-corrected chi connectivity index (χ3v) is 4.71. The number of thiazole rings is 1. The van der Waals surface area contributed by atoms with E-state index in [1.807, 2.05) is 17.5 Å². The smallest absolute Gasteiger partial charge is 0.109 e. The van der Waals surface area contributed by atoms with Crippen molar-refractivity contribution in [3.05, 3.63) is 16.1 Å². The summed E-state index contributed by atoms with van der Waals surface area (Å²) >= 11 is 1.85. The molecule has 0 saturated heterocycles. The molecule has 1 aromatic rings. The SMILES string of the molecule is CCc1cnc(C(C)NC(CC)C2CC2)s1. The standard InChI is InChI=1S/C13H22N2S/c1-4-11-8-14-13(16-11)9(3)15-12(5-2)10-6-7-10/h8-10,12,15H,4-7H2,1-3H3. The third kappa shape index (κ3) is 2.83. The van der Waals surface area contributed by atoms with E-state index in [-0.39, 0.29) is 0 Å². The van der Waals surface area contributed by atoms with Crippen molar-refractivity contribution >= 4 is 11.3 Å². The molecule has 1 saturated carbocycles. The summed E-state index contributed by atoms with van der Waals surface area (Å²) in [5.41, 5.74) is 0. The lowest BCUT2D eigenvalue weighted by atomic mass is 10.1. The van der Waals surface area contributed by atoms with Crippen LogP contribution in [-0.2, 0) is 6.42 Å². The van der Waals surface area contributed by atoms with Crippen molar-refractivity contribution in [3.8, 4) is 0 Å². The van der Waals surface area contributed by atoms with Crippen molar-refractivity contribution in [3.63, 3.8) is 0 Å². The summed E-state index contributed by atoms with van der Waals surface area (Å²) in [7, 11) is 0. The first-order valence-electron chi connectivity index (χ1n) is 6.45. The van der Waals surface area contributed by atoms with Crippen molar-refractivity contribution < 1.29 is 0 Å². The first-order chi connectivity index (χ1) is 7.74. The molecule has 1 aliphatic carbocycles. The van der Waals surface area contributed by atoms with Gasteiger partial charge in [-0.2, -0.15) is 0 Å². The molecule has 3 heteroatoms. The summed E-state index contributed by atoms with van der Waals surface area (Å²) in [4.78, 5) is 5.90. The normalized spacial score (nSPS) is 19.7. The van der Waals surface area contributed by atoms with Gasteiger partial charge in [0.25, 0.3) is 0 Å². The number of aromatic nitrogens is 1. The van der Waals surface area contributed by atoms with Gasteiger partial charge in [0.1, 0.15) is 5.01 Å². The lowest BCUT2D eigenvalue weighted by Gasteiger charge is -2.20. The number of rotatable bonds is 6. The molecular weight excluding hydrogens is 216 g/mol. The Hall–Kier alpha value is -0.410. The predicted octanol–water partition coefficient (Wildman–Crippen LogP) is 3.54. The van der Waals surface area contributed by atoms with Crippen LogP contribution >= 0.6 is 11.3 Å². The van der Waals surface area contributed by atoms with Crippen LogP contribution in [-0.4, -0.2) is 11.0 Å². The Morgan fingerprint density at radius 3 is 2.75 bits per heavy atom. The second kappa shape index (κ2) is 5.28. The first-order valence-corrected chi connectivity index (χ1v) is 7.26. The van der Waals surface area contributed by atoms with Crippen molar-refractivity contribution in [1.29, 1.82) is 0 Å². The van der Waals surface area contributed by atoms with Crippen LogP contribution in [0, 0.1) is 5.92 Å². The fourth-order valence-corrected chi connectivity index (χ4v) is 3.03. The van der Waals surface area contributed by atoms with Gasteiger partial charge < -0.3 is 5.32 Å². The molecular formula is C13H22N2S. The number of nitrogens with one attached hydrogen (secondary N) is 1. The minimum absolute atomic E-state index is 0.413. The van der Waals surface area contributed by atoms with Crippen LogP contribution < -0.4 is 5.32 Å². The van der Waals surface area contributed by atoms with Crippen LogP contribution in [0.2, 0.25) is 0 Å². The van der Waals surface area contributed by atoms with Gasteiger partial charge >= 0.3 is 0 Å². The van der Waals surface area contributed by atoms with Gasteiger partial charge in [0.05, 0.1) is 6.04 Å². The molecule has 2 nitrogen and oxygen atoms in total. The molecule has 0 radical (unpaired) electrons. The topological polar surface area (TPSA) is 24.9 Å². The predicted molar refractivity (Wildman–Crippen MR) is 69.8 cm³/mol. The highest BCUT2D eigenvalue weighted by Gasteiger charge is 2.31. The molecule has 2 atom stereocenters. The number of hydrogen-bond donors (Lipinski definition) is 1. The minimum Gasteiger partial charge on any atom is -0.305 e. The Morgan fingerprint density at radius 2 is 2.25 bits per heavy atom. The van der Waals surface area contributed by atoms with Gasteiger partial charge in [-0.3, -0.25) is 0 Å². The maximum Gasteiger partial charge on any atom is 0.109 e. The summed E-state index contributed by atoms with van der Waals surface area (Å²) in [6.07, 6.45) is 7.19. The van der Waals surface area contributed by atoms with Crippen molar-refractivity contribution in [2.75, 3.05) is 0 Å². The zero-order valence-electron chi connectivity index (χ0n) is 10.5. The monoisotopic (exact) mass is 238 g/mol. The molecule has 1 fully saturated rings. The van der Waals surface area contributed by atoms with Crippen LogP contribution in [0.25, 0.3) is 0 Å². The number of aryl methyl sites for hydroxylation is 1. The molecule has 0 aliphatic heterocycles. The van der Waals surface area contributed by atoms with Crippen molar-refractivity contribution in [1.82, 2.24) is 10.3 Å². The maximum atomic E-state index is 4.51. The molecule has 1 heterocycles. The van der Waals surface area contributed by atoms with Gasteiger partial charge in [-0.15, -0.1) is 11.3 Å². The molecule has 16 heavy (non-hydrogen) atoms. The van der Waals surface area contributed by atoms with Gasteiger partial charge in [-0.25, -0.2) is 4.98 Å². The molecule has 2 rings (SSSR count). The van der Waals surface area contributed by atoms with Gasteiger partial charge in [-0.1, -0.05) is 13.8 Å². The second-order valence-corrected chi connectivity index (χ2v) is 5.91. The lowest BCUT2D eigenvalue weighted by molar-refractivity contribution is 0.404. The van der Waals surface area contributed by atoms with Crippen LogP contribution in [0.5, 0.6) is 0 Å². The molecule has 2 unspecified atom stereocenters. The third-order valence-electron chi connectivity index (χ3n) is 3.39. The highest BCUT2D eigenvalue weighted by Crippen LogP contribution is 2.35. The average molecular weight is 238 g/mol. The van der Waals surface area contributed by atoms with E-state index < -0.39 is 0 Å². The molecule has 1 aromatic heterocycles. The van der Waals surface area contributed by atoms with Crippen LogP contribution in [0.15, 0.2) is 6.20 Å². The summed E-state index contributed by atoms with van der Waals surface area (Å²) in [6.45, 7) is 6.71. The summed E-state index contributed by atoms with van der Waals surface area (Å²) in [5, 5.41) is 4.98. The van der Waals surface area contributed by atoms with Gasteiger partial charge in [0.15, 0.2) is 0 Å². The van der Waals surface area contributed by atoms with E-state index in [1.54, 1.807) is 0 Å². The van der Waals surface area contributed by atoms with E-state index in [4.69, 9.17) is 0 Å². The summed E-state index contributed by atoms with van der Waals surface area (Å²) in [5.74, 6) is 0.929. The number of nitrogens with zero attached hydrogens (tertiary/aromatic N) is 1. The summed E-state index contributed by atoms with van der Waals surface area (Å²) in [6, 6.07) is 1.11. The fourth-order valence-electron chi connectivity index (χ4n) is 2.16. The molecule has 1 aliphatic rings. The Morgan fingerprint density at radius 1 is 1.50 bits per heavy atom. The molecule has 0 aromatic carbocycles. The van der Waals surface area contributed by atoms with Gasteiger partial charge in [-0.05, 0) is 38.5 Å². The van der Waals surface area contributed by atoms with E-state index in [0.717, 1.165) is 12.3 Å². The Bertz CT molecular complexity index is 330. The van der Waals surface area contributed by atoms with E-state index in [2.05, 4.69) is 31.1 Å². The molecule has 0 bridgehead atoms. The van der Waals surface area contributed by atoms with Crippen molar-refractivity contribution in [2.45, 2.75) is 58.5 Å². The van der Waals surface area contributed by atoms with E-state index >= 15 is 0 Å². The second-order valence-electron chi connectivity index (χ2n) is 4.76. The highest BCUT2D eigenvalue weighted by molar-refractivity contribution is 7.11. The van der Waals surface area contributed by atoms with E-state index in [9.17, 15) is 0 Å². The zero-order valence-corrected chi connectivity index (χ0v) is 11.3. The van der Waals surface area contributed by atoms with Gasteiger partial charge in [0, 0.05) is 17.1 Å². The Balaban J connectivity index is 1.92. The Labute approximate surface area is 102 Å². The van der Waals surface area contributed by atoms with E-state index in [1.165, 1.54) is 29.1 Å². The molecule has 0 amide bonds. The number of hydrogen-bond acceptors (Lipinski definition) is 3. The largest absolute Gasteiger partial charge is 0.305 e. The molecule has 90 valence electrons. The maximum absolute atomic E-state index is 4.51.